The van der Waals surface area contributed by atoms with Gasteiger partial charge in [-0.05, 0) is 33.3 Å². The molecule has 1 rings (SSSR count). The molecule has 1 atom stereocenters. The SMILES string of the molecule is CC(C)(C)OC(=O)NC[C@](C)(O)COCc1ccccc1. The lowest BCUT2D eigenvalue weighted by Gasteiger charge is -2.25. The minimum Gasteiger partial charge on any atom is -0.444 e. The van der Waals surface area contributed by atoms with Crippen molar-refractivity contribution in [3.8, 4) is 0 Å². The van der Waals surface area contributed by atoms with Crippen LogP contribution in [-0.2, 0) is 16.1 Å². The monoisotopic (exact) mass is 295 g/mol. The quantitative estimate of drug-likeness (QED) is 0.846. The van der Waals surface area contributed by atoms with E-state index in [-0.39, 0.29) is 13.2 Å². The van der Waals surface area contributed by atoms with Crippen LogP contribution in [0.15, 0.2) is 30.3 Å². The summed E-state index contributed by atoms with van der Waals surface area (Å²) in [6, 6.07) is 9.70. The summed E-state index contributed by atoms with van der Waals surface area (Å²) in [4.78, 5) is 11.5. The van der Waals surface area contributed by atoms with Crippen LogP contribution in [-0.4, -0.2) is 35.6 Å². The van der Waals surface area contributed by atoms with Gasteiger partial charge in [-0.1, -0.05) is 30.3 Å². The van der Waals surface area contributed by atoms with Gasteiger partial charge < -0.3 is 19.9 Å². The third-order valence-electron chi connectivity index (χ3n) is 2.54. The van der Waals surface area contributed by atoms with E-state index >= 15 is 0 Å². The number of nitrogens with one attached hydrogen (secondary N) is 1. The Morgan fingerprint density at radius 2 is 1.81 bits per heavy atom. The first-order valence-electron chi connectivity index (χ1n) is 6.99. The average molecular weight is 295 g/mol. The van der Waals surface area contributed by atoms with Gasteiger partial charge in [-0.3, -0.25) is 0 Å². The van der Waals surface area contributed by atoms with E-state index in [0.717, 1.165) is 5.56 Å². The molecule has 0 saturated heterocycles. The lowest BCUT2D eigenvalue weighted by molar-refractivity contribution is -0.0394. The molecule has 0 bridgehead atoms. The molecule has 5 heteroatoms. The smallest absolute Gasteiger partial charge is 0.407 e. The summed E-state index contributed by atoms with van der Waals surface area (Å²) >= 11 is 0. The third kappa shape index (κ3) is 8.32. The van der Waals surface area contributed by atoms with E-state index in [1.807, 2.05) is 30.3 Å². The van der Waals surface area contributed by atoms with Crippen molar-refractivity contribution in [3.05, 3.63) is 35.9 Å². The van der Waals surface area contributed by atoms with Crippen molar-refractivity contribution in [1.29, 1.82) is 0 Å². The van der Waals surface area contributed by atoms with Gasteiger partial charge in [0.15, 0.2) is 0 Å². The summed E-state index contributed by atoms with van der Waals surface area (Å²) in [5.41, 5.74) is -0.667. The van der Waals surface area contributed by atoms with Crippen LogP contribution in [0.3, 0.4) is 0 Å². The number of benzene rings is 1. The molecule has 0 aliphatic heterocycles. The zero-order valence-electron chi connectivity index (χ0n) is 13.2. The molecule has 21 heavy (non-hydrogen) atoms. The molecule has 1 aromatic rings. The van der Waals surface area contributed by atoms with Crippen molar-refractivity contribution in [2.75, 3.05) is 13.2 Å². The van der Waals surface area contributed by atoms with Crippen LogP contribution >= 0.6 is 0 Å². The fraction of sp³-hybridized carbons (Fsp3) is 0.562. The number of rotatable bonds is 6. The van der Waals surface area contributed by atoms with E-state index in [4.69, 9.17) is 9.47 Å². The second-order valence-corrected chi connectivity index (χ2v) is 6.33. The highest BCUT2D eigenvalue weighted by molar-refractivity contribution is 5.67. The molecule has 1 amide bonds. The first-order valence-corrected chi connectivity index (χ1v) is 6.99. The van der Waals surface area contributed by atoms with Gasteiger partial charge in [0.1, 0.15) is 11.2 Å². The van der Waals surface area contributed by atoms with Gasteiger partial charge in [-0.2, -0.15) is 0 Å². The normalized spacial score (nSPS) is 14.3. The van der Waals surface area contributed by atoms with Crippen molar-refractivity contribution in [2.24, 2.45) is 0 Å². The number of alkyl carbamates (subject to hydrolysis) is 1. The zero-order chi connectivity index (χ0) is 15.9. The Morgan fingerprint density at radius 1 is 1.19 bits per heavy atom. The molecule has 0 aromatic heterocycles. The van der Waals surface area contributed by atoms with Gasteiger partial charge in [-0.25, -0.2) is 4.79 Å². The summed E-state index contributed by atoms with van der Waals surface area (Å²) in [5.74, 6) is 0. The van der Waals surface area contributed by atoms with Crippen molar-refractivity contribution in [2.45, 2.75) is 45.5 Å². The summed E-state index contributed by atoms with van der Waals surface area (Å²) in [6.07, 6.45) is -0.550. The highest BCUT2D eigenvalue weighted by Gasteiger charge is 2.23. The molecule has 0 spiro atoms. The van der Waals surface area contributed by atoms with Gasteiger partial charge in [0.2, 0.25) is 0 Å². The Hall–Kier alpha value is -1.59. The molecular formula is C16H25NO4. The summed E-state index contributed by atoms with van der Waals surface area (Å²) in [5, 5.41) is 12.7. The Kier molecular flexibility index (Phi) is 6.18. The minimum absolute atomic E-state index is 0.0662. The molecule has 0 unspecified atom stereocenters. The van der Waals surface area contributed by atoms with Gasteiger partial charge in [0.05, 0.1) is 19.8 Å². The number of amides is 1. The molecule has 1 aromatic carbocycles. The number of hydrogen-bond donors (Lipinski definition) is 2. The lowest BCUT2D eigenvalue weighted by Crippen LogP contribution is -2.45. The van der Waals surface area contributed by atoms with Crippen LogP contribution < -0.4 is 5.32 Å². The van der Waals surface area contributed by atoms with E-state index in [1.165, 1.54) is 0 Å². The maximum absolute atomic E-state index is 11.5. The molecule has 0 aliphatic carbocycles. The molecule has 0 aliphatic rings. The average Bonchev–Trinajstić information content (AvgIpc) is 2.36. The van der Waals surface area contributed by atoms with E-state index in [9.17, 15) is 9.90 Å². The van der Waals surface area contributed by atoms with Crippen LogP contribution in [0.4, 0.5) is 4.79 Å². The second kappa shape index (κ2) is 7.43. The summed E-state index contributed by atoms with van der Waals surface area (Å²) in [7, 11) is 0. The number of aliphatic hydroxyl groups is 1. The van der Waals surface area contributed by atoms with Crippen molar-refractivity contribution < 1.29 is 19.4 Å². The number of ether oxygens (including phenoxy) is 2. The highest BCUT2D eigenvalue weighted by Crippen LogP contribution is 2.09. The molecule has 0 heterocycles. The molecule has 0 saturated carbocycles. The predicted octanol–water partition coefficient (Wildman–Crippen LogP) is 2.48. The van der Waals surface area contributed by atoms with E-state index in [1.54, 1.807) is 27.7 Å². The second-order valence-electron chi connectivity index (χ2n) is 6.33. The van der Waals surface area contributed by atoms with Crippen LogP contribution in [0.1, 0.15) is 33.3 Å². The molecule has 0 fully saturated rings. The van der Waals surface area contributed by atoms with Crippen LogP contribution in [0, 0.1) is 0 Å². The molecule has 2 N–H and O–H groups in total. The first kappa shape index (κ1) is 17.5. The minimum atomic E-state index is -1.15. The molecule has 118 valence electrons. The zero-order valence-corrected chi connectivity index (χ0v) is 13.2. The van der Waals surface area contributed by atoms with Gasteiger partial charge in [-0.15, -0.1) is 0 Å². The maximum Gasteiger partial charge on any atom is 0.407 e. The standard InChI is InChI=1S/C16H25NO4/c1-15(2,3)21-14(18)17-11-16(4,19)12-20-10-13-8-6-5-7-9-13/h5-9,19H,10-12H2,1-4H3,(H,17,18)/t16-/m0/s1. The third-order valence-corrected chi connectivity index (χ3v) is 2.54. The molecular weight excluding hydrogens is 270 g/mol. The Bertz CT molecular complexity index is 437. The summed E-state index contributed by atoms with van der Waals surface area (Å²) < 4.78 is 10.6. The largest absolute Gasteiger partial charge is 0.444 e. The van der Waals surface area contributed by atoms with Gasteiger partial charge in [0.25, 0.3) is 0 Å². The van der Waals surface area contributed by atoms with E-state index < -0.39 is 17.3 Å². The molecule has 5 nitrogen and oxygen atoms in total. The number of carbonyl (C=O) groups excluding carboxylic acids is 1. The number of hydrogen-bond acceptors (Lipinski definition) is 4. The van der Waals surface area contributed by atoms with Crippen LogP contribution in [0.25, 0.3) is 0 Å². The maximum atomic E-state index is 11.5. The fourth-order valence-electron chi connectivity index (χ4n) is 1.59. The topological polar surface area (TPSA) is 67.8 Å². The van der Waals surface area contributed by atoms with Crippen molar-refractivity contribution in [3.63, 3.8) is 0 Å². The van der Waals surface area contributed by atoms with Crippen LogP contribution in [0.5, 0.6) is 0 Å². The van der Waals surface area contributed by atoms with Gasteiger partial charge in [0, 0.05) is 0 Å². The number of carbonyl (C=O) groups is 1. The fourth-order valence-corrected chi connectivity index (χ4v) is 1.59. The lowest BCUT2D eigenvalue weighted by atomic mass is 10.1. The highest BCUT2D eigenvalue weighted by atomic mass is 16.6. The van der Waals surface area contributed by atoms with E-state index in [0.29, 0.717) is 6.61 Å². The molecule has 0 radical (unpaired) electrons. The Labute approximate surface area is 126 Å². The first-order chi connectivity index (χ1) is 9.68. The van der Waals surface area contributed by atoms with Crippen LogP contribution in [0.2, 0.25) is 0 Å². The summed E-state index contributed by atoms with van der Waals surface area (Å²) in [6.45, 7) is 7.57. The van der Waals surface area contributed by atoms with E-state index in [2.05, 4.69) is 5.32 Å². The Balaban J connectivity index is 2.28. The van der Waals surface area contributed by atoms with Crippen molar-refractivity contribution in [1.82, 2.24) is 5.32 Å². The van der Waals surface area contributed by atoms with Crippen molar-refractivity contribution >= 4 is 6.09 Å². The van der Waals surface area contributed by atoms with Gasteiger partial charge >= 0.3 is 6.09 Å². The predicted molar refractivity (Wildman–Crippen MR) is 81.0 cm³/mol. The Morgan fingerprint density at radius 3 is 2.38 bits per heavy atom.